The SMILES string of the molecule is O=C(c1ccccc1)c1ccc(C2O[C@H](CO)[C@@H](O)[C@H](O)[C@H]2O)c(OCCCO[SiH3])c1O. The summed E-state index contributed by atoms with van der Waals surface area (Å²) in [5.41, 5.74) is 0.549. The lowest BCUT2D eigenvalue weighted by atomic mass is 9.89. The minimum Gasteiger partial charge on any atom is -0.504 e. The van der Waals surface area contributed by atoms with Crippen molar-refractivity contribution in [2.45, 2.75) is 36.9 Å². The molecule has 5 atom stereocenters. The molecule has 5 N–H and O–H groups in total. The van der Waals surface area contributed by atoms with E-state index in [0.717, 1.165) is 0 Å². The van der Waals surface area contributed by atoms with E-state index in [1.165, 1.54) is 12.1 Å². The molecule has 0 amide bonds. The predicted octanol–water partition coefficient (Wildman–Crippen LogP) is -0.796. The number of hydrogen-bond donors (Lipinski definition) is 5. The molecule has 0 saturated carbocycles. The number of ketones is 1. The van der Waals surface area contributed by atoms with Crippen LogP contribution in [0.4, 0.5) is 0 Å². The highest BCUT2D eigenvalue weighted by atomic mass is 28.2. The molecular weight excluding hydrogens is 436 g/mol. The monoisotopic (exact) mass is 464 g/mol. The van der Waals surface area contributed by atoms with Crippen LogP contribution < -0.4 is 4.74 Å². The molecule has 1 unspecified atom stereocenters. The Hall–Kier alpha value is -2.31. The zero-order chi connectivity index (χ0) is 23.3. The third-order valence-electron chi connectivity index (χ3n) is 5.38. The molecule has 174 valence electrons. The van der Waals surface area contributed by atoms with E-state index in [9.17, 15) is 30.3 Å². The lowest BCUT2D eigenvalue weighted by molar-refractivity contribution is -0.232. The zero-order valence-corrected chi connectivity index (χ0v) is 19.6. The van der Waals surface area contributed by atoms with Gasteiger partial charge in [0.05, 0.1) is 18.8 Å². The van der Waals surface area contributed by atoms with Crippen molar-refractivity contribution in [2.24, 2.45) is 0 Å². The summed E-state index contributed by atoms with van der Waals surface area (Å²) in [4.78, 5) is 12.9. The third-order valence-corrected chi connectivity index (χ3v) is 5.79. The van der Waals surface area contributed by atoms with E-state index < -0.39 is 48.7 Å². The second-order valence-electron chi connectivity index (χ2n) is 7.52. The molecule has 0 aromatic heterocycles. The van der Waals surface area contributed by atoms with E-state index in [2.05, 4.69) is 0 Å². The highest BCUT2D eigenvalue weighted by molar-refractivity contribution is 6.11. The van der Waals surface area contributed by atoms with Gasteiger partial charge in [0.25, 0.3) is 0 Å². The van der Waals surface area contributed by atoms with E-state index in [1.54, 1.807) is 30.3 Å². The topological polar surface area (TPSA) is 146 Å². The summed E-state index contributed by atoms with van der Waals surface area (Å²) in [5, 5.41) is 51.2. The van der Waals surface area contributed by atoms with Gasteiger partial charge in [0.15, 0.2) is 17.3 Å². The molecule has 3 rings (SSSR count). The van der Waals surface area contributed by atoms with Crippen molar-refractivity contribution in [3.63, 3.8) is 0 Å². The largest absolute Gasteiger partial charge is 0.504 e. The summed E-state index contributed by atoms with van der Waals surface area (Å²) in [6.45, 7) is 0.0279. The summed E-state index contributed by atoms with van der Waals surface area (Å²) in [6, 6.07) is 11.3. The summed E-state index contributed by atoms with van der Waals surface area (Å²) >= 11 is 0. The number of aromatic hydroxyl groups is 1. The van der Waals surface area contributed by atoms with E-state index in [1.807, 2.05) is 0 Å². The fourth-order valence-electron chi connectivity index (χ4n) is 3.63. The molecule has 1 heterocycles. The highest BCUT2D eigenvalue weighted by Gasteiger charge is 2.45. The van der Waals surface area contributed by atoms with Crippen LogP contribution in [-0.2, 0) is 9.16 Å². The van der Waals surface area contributed by atoms with Crippen molar-refractivity contribution >= 4 is 16.3 Å². The minimum atomic E-state index is -1.59. The number of aliphatic hydroxyl groups excluding tert-OH is 4. The molecule has 2 aromatic rings. The molecule has 32 heavy (non-hydrogen) atoms. The average molecular weight is 465 g/mol. The molecule has 1 fully saturated rings. The Labute approximate surface area is 188 Å². The van der Waals surface area contributed by atoms with Gasteiger partial charge in [-0.3, -0.25) is 4.79 Å². The summed E-state index contributed by atoms with van der Waals surface area (Å²) in [5.74, 6) is -0.930. The van der Waals surface area contributed by atoms with Gasteiger partial charge in [0, 0.05) is 24.2 Å². The number of carbonyl (C=O) groups excluding carboxylic acids is 1. The molecule has 1 saturated heterocycles. The fraction of sp³-hybridized carbons (Fsp3) is 0.409. The summed E-state index contributed by atoms with van der Waals surface area (Å²) in [7, 11) is 0.573. The Kier molecular flexibility index (Phi) is 8.37. The molecule has 0 aliphatic carbocycles. The number of phenolic OH excluding ortho intramolecular Hbond substituents is 1. The molecule has 0 radical (unpaired) electrons. The number of ether oxygens (including phenoxy) is 2. The Balaban J connectivity index is 2.01. The van der Waals surface area contributed by atoms with Crippen LogP contribution in [0.5, 0.6) is 11.5 Å². The van der Waals surface area contributed by atoms with Crippen LogP contribution in [0, 0.1) is 0 Å². The van der Waals surface area contributed by atoms with Gasteiger partial charge < -0.3 is 39.4 Å². The molecule has 1 aliphatic heterocycles. The van der Waals surface area contributed by atoms with Crippen molar-refractivity contribution in [2.75, 3.05) is 19.8 Å². The van der Waals surface area contributed by atoms with Crippen molar-refractivity contribution in [3.8, 4) is 11.5 Å². The minimum absolute atomic E-state index is 0.00121. The Morgan fingerprint density at radius 3 is 2.38 bits per heavy atom. The second-order valence-corrected chi connectivity index (χ2v) is 8.10. The number of aliphatic hydroxyl groups is 4. The standard InChI is InChI=1S/C22H28O9Si/c23-11-15-18(26)19(27)20(28)22(31-15)14-8-7-13(16(24)12-5-2-1-3-6-12)17(25)21(14)29-9-4-10-30-32/h1-3,5-8,15,18-20,22-23,25-28H,4,9-11H2,32H3/t15-,18-,19+,20-,22?/m1/s1. The Morgan fingerprint density at radius 2 is 1.72 bits per heavy atom. The molecule has 10 heteroatoms. The first-order valence-electron chi connectivity index (χ1n) is 10.3. The van der Waals surface area contributed by atoms with Crippen molar-refractivity contribution in [1.29, 1.82) is 0 Å². The van der Waals surface area contributed by atoms with Crippen LogP contribution >= 0.6 is 0 Å². The maximum absolute atomic E-state index is 12.9. The molecule has 9 nitrogen and oxygen atoms in total. The smallest absolute Gasteiger partial charge is 0.196 e. The quantitative estimate of drug-likeness (QED) is 0.183. The molecule has 0 spiro atoms. The van der Waals surface area contributed by atoms with Crippen LogP contribution in [0.15, 0.2) is 42.5 Å². The first-order chi connectivity index (χ1) is 15.4. The second kappa shape index (κ2) is 11.0. The number of phenols is 1. The van der Waals surface area contributed by atoms with Crippen molar-refractivity contribution < 1.29 is 44.2 Å². The maximum Gasteiger partial charge on any atom is 0.196 e. The first kappa shape index (κ1) is 24.3. The van der Waals surface area contributed by atoms with Crippen LogP contribution in [0.25, 0.3) is 0 Å². The molecule has 2 aromatic carbocycles. The van der Waals surface area contributed by atoms with E-state index in [4.69, 9.17) is 13.9 Å². The van der Waals surface area contributed by atoms with Crippen LogP contribution in [0.1, 0.15) is 34.0 Å². The number of benzene rings is 2. The van der Waals surface area contributed by atoms with E-state index in [0.29, 0.717) is 29.1 Å². The highest BCUT2D eigenvalue weighted by Crippen LogP contribution is 2.43. The van der Waals surface area contributed by atoms with Gasteiger partial charge in [0.1, 0.15) is 41.0 Å². The van der Waals surface area contributed by atoms with Crippen LogP contribution in [0.2, 0.25) is 0 Å². The first-order valence-corrected chi connectivity index (χ1v) is 11.1. The van der Waals surface area contributed by atoms with Gasteiger partial charge in [-0.2, -0.15) is 0 Å². The van der Waals surface area contributed by atoms with Gasteiger partial charge in [-0.25, -0.2) is 0 Å². The van der Waals surface area contributed by atoms with Crippen LogP contribution in [0.3, 0.4) is 0 Å². The van der Waals surface area contributed by atoms with Gasteiger partial charge in [-0.15, -0.1) is 0 Å². The van der Waals surface area contributed by atoms with Gasteiger partial charge in [-0.1, -0.05) is 36.4 Å². The summed E-state index contributed by atoms with van der Waals surface area (Å²) < 4.78 is 16.5. The van der Waals surface area contributed by atoms with Crippen LogP contribution in [-0.4, -0.2) is 86.0 Å². The van der Waals surface area contributed by atoms with E-state index in [-0.39, 0.29) is 23.5 Å². The number of hydrogen-bond acceptors (Lipinski definition) is 9. The van der Waals surface area contributed by atoms with Crippen molar-refractivity contribution in [1.82, 2.24) is 0 Å². The molecule has 0 bridgehead atoms. The molecular formula is C22H28O9Si. The van der Waals surface area contributed by atoms with Crippen molar-refractivity contribution in [3.05, 3.63) is 59.2 Å². The Morgan fingerprint density at radius 1 is 1.00 bits per heavy atom. The summed E-state index contributed by atoms with van der Waals surface area (Å²) in [6.07, 6.45) is -6.50. The lowest BCUT2D eigenvalue weighted by Crippen LogP contribution is -2.55. The van der Waals surface area contributed by atoms with Gasteiger partial charge in [0.2, 0.25) is 0 Å². The third kappa shape index (κ3) is 5.02. The maximum atomic E-state index is 12.9. The zero-order valence-electron chi connectivity index (χ0n) is 17.6. The number of carbonyl (C=O) groups is 1. The lowest BCUT2D eigenvalue weighted by Gasteiger charge is -2.40. The van der Waals surface area contributed by atoms with Gasteiger partial charge >= 0.3 is 0 Å². The average Bonchev–Trinajstić information content (AvgIpc) is 2.81. The number of rotatable bonds is 9. The van der Waals surface area contributed by atoms with Gasteiger partial charge in [-0.05, 0) is 6.07 Å². The normalized spacial score (nSPS) is 25.6. The fourth-order valence-corrected chi connectivity index (χ4v) is 3.92. The van der Waals surface area contributed by atoms with E-state index >= 15 is 0 Å². The molecule has 1 aliphatic rings. The Bertz CT molecular complexity index is 906. The predicted molar refractivity (Wildman–Crippen MR) is 117 cm³/mol.